The normalized spacial score (nSPS) is 11.4. The molecule has 8 heteroatoms. The fourth-order valence-corrected chi connectivity index (χ4v) is 4.60. The van der Waals surface area contributed by atoms with Crippen LogP contribution < -0.4 is 14.4 Å². The van der Waals surface area contributed by atoms with Gasteiger partial charge in [-0.25, -0.2) is 13.4 Å². The van der Waals surface area contributed by atoms with Gasteiger partial charge < -0.3 is 14.6 Å². The lowest BCUT2D eigenvalue weighted by Crippen LogP contribution is -2.14. The van der Waals surface area contributed by atoms with Crippen molar-refractivity contribution in [3.05, 3.63) is 67.0 Å². The number of fused-ring (bicyclic) bond motifs is 1. The maximum atomic E-state index is 13.1. The van der Waals surface area contributed by atoms with Crippen LogP contribution in [-0.2, 0) is 10.0 Å². The molecule has 0 fully saturated rings. The molecule has 7 nitrogen and oxygen atoms in total. The van der Waals surface area contributed by atoms with Crippen molar-refractivity contribution in [2.24, 2.45) is 0 Å². The number of pyridine rings is 1. The Labute approximate surface area is 175 Å². The predicted octanol–water partition coefficient (Wildman–Crippen LogP) is 4.11. The summed E-state index contributed by atoms with van der Waals surface area (Å²) in [7, 11) is 1.52. The number of para-hydroxylation sites is 1. The van der Waals surface area contributed by atoms with E-state index in [1.54, 1.807) is 30.5 Å². The molecule has 0 saturated heterocycles. The smallest absolute Gasteiger partial charge is 0.265 e. The molecule has 0 aliphatic rings. The number of rotatable bonds is 6. The molecule has 0 bridgehead atoms. The van der Waals surface area contributed by atoms with Crippen molar-refractivity contribution in [1.29, 1.82) is 0 Å². The van der Waals surface area contributed by atoms with Crippen molar-refractivity contribution in [1.82, 2.24) is 9.97 Å². The van der Waals surface area contributed by atoms with Gasteiger partial charge in [0.25, 0.3) is 10.0 Å². The average Bonchev–Trinajstić information content (AvgIpc) is 3.19. The average molecular weight is 423 g/mol. The lowest BCUT2D eigenvalue weighted by atomic mass is 10.0. The molecular formula is C22H22N4O3S. The molecule has 4 aromatic rings. The number of methoxy groups -OCH3 is 1. The van der Waals surface area contributed by atoms with E-state index in [9.17, 15) is 8.42 Å². The molecular weight excluding hydrogens is 400 g/mol. The van der Waals surface area contributed by atoms with Gasteiger partial charge in [0.15, 0.2) is 0 Å². The minimum Gasteiger partial charge on any atom is -0.495 e. The number of hydrogen-bond acceptors (Lipinski definition) is 5. The fourth-order valence-electron chi connectivity index (χ4n) is 3.36. The number of anilines is 2. The van der Waals surface area contributed by atoms with Gasteiger partial charge in [0.1, 0.15) is 16.3 Å². The van der Waals surface area contributed by atoms with Gasteiger partial charge in [-0.15, -0.1) is 0 Å². The van der Waals surface area contributed by atoms with Crippen molar-refractivity contribution in [2.45, 2.75) is 4.90 Å². The van der Waals surface area contributed by atoms with Gasteiger partial charge in [-0.3, -0.25) is 4.72 Å². The standard InChI is InChI=1S/C22H22N4O3S/c1-26(2)16-8-6-7-15(13-16)17-14-24-22-21(17)18(11-12-23-22)25-30(27,28)20-10-5-4-9-19(20)29-3/h4-14H,1-3H3,(H2,23,24,25). The van der Waals surface area contributed by atoms with E-state index in [1.165, 1.54) is 13.2 Å². The Morgan fingerprint density at radius 3 is 2.63 bits per heavy atom. The lowest BCUT2D eigenvalue weighted by molar-refractivity contribution is 0.403. The molecule has 0 aliphatic heterocycles. The molecule has 4 rings (SSSR count). The van der Waals surface area contributed by atoms with Crippen molar-refractivity contribution in [3.63, 3.8) is 0 Å². The Hall–Kier alpha value is -3.52. The van der Waals surface area contributed by atoms with Gasteiger partial charge in [-0.05, 0) is 35.9 Å². The molecule has 0 spiro atoms. The van der Waals surface area contributed by atoms with Crippen LogP contribution in [0.1, 0.15) is 0 Å². The lowest BCUT2D eigenvalue weighted by Gasteiger charge is -2.14. The Balaban J connectivity index is 1.83. The van der Waals surface area contributed by atoms with Crippen molar-refractivity contribution < 1.29 is 13.2 Å². The quantitative estimate of drug-likeness (QED) is 0.488. The summed E-state index contributed by atoms with van der Waals surface area (Å²) in [5, 5.41) is 0.701. The summed E-state index contributed by atoms with van der Waals surface area (Å²) in [4.78, 5) is 9.59. The number of benzene rings is 2. The summed E-state index contributed by atoms with van der Waals surface area (Å²) in [5.74, 6) is 0.281. The molecule has 0 amide bonds. The first-order chi connectivity index (χ1) is 14.4. The van der Waals surface area contributed by atoms with Crippen LogP contribution in [0.2, 0.25) is 0 Å². The van der Waals surface area contributed by atoms with Crippen LogP contribution in [0.15, 0.2) is 71.9 Å². The third-order valence-corrected chi connectivity index (χ3v) is 6.25. The van der Waals surface area contributed by atoms with E-state index < -0.39 is 10.0 Å². The molecule has 0 aliphatic carbocycles. The first-order valence-corrected chi connectivity index (χ1v) is 10.8. The van der Waals surface area contributed by atoms with Crippen molar-refractivity contribution >= 4 is 32.4 Å². The SMILES string of the molecule is COc1ccccc1S(=O)(=O)Nc1ccnc2[nH]cc(-c3cccc(N(C)C)c3)c12. The minimum atomic E-state index is -3.87. The molecule has 154 valence electrons. The van der Waals surface area contributed by atoms with E-state index in [0.717, 1.165) is 16.8 Å². The molecule has 2 aromatic heterocycles. The van der Waals surface area contributed by atoms with E-state index in [2.05, 4.69) is 14.7 Å². The summed E-state index contributed by atoms with van der Waals surface area (Å²) >= 11 is 0. The third-order valence-electron chi connectivity index (χ3n) is 4.85. The molecule has 0 unspecified atom stereocenters. The number of H-pyrrole nitrogens is 1. The van der Waals surface area contributed by atoms with E-state index in [4.69, 9.17) is 4.74 Å². The first-order valence-electron chi connectivity index (χ1n) is 9.30. The largest absolute Gasteiger partial charge is 0.495 e. The van der Waals surface area contributed by atoms with Crippen LogP contribution in [0.4, 0.5) is 11.4 Å². The van der Waals surface area contributed by atoms with E-state index in [0.29, 0.717) is 16.7 Å². The number of nitrogens with one attached hydrogen (secondary N) is 2. The number of aromatic amines is 1. The van der Waals surface area contributed by atoms with Crippen molar-refractivity contribution in [3.8, 4) is 16.9 Å². The molecule has 2 N–H and O–H groups in total. The maximum absolute atomic E-state index is 13.1. The van der Waals surface area contributed by atoms with Crippen LogP contribution in [0.5, 0.6) is 5.75 Å². The number of aromatic nitrogens is 2. The Morgan fingerprint density at radius 1 is 1.07 bits per heavy atom. The zero-order chi connectivity index (χ0) is 21.3. The molecule has 0 saturated carbocycles. The monoisotopic (exact) mass is 422 g/mol. The van der Waals surface area contributed by atoms with Gasteiger partial charge >= 0.3 is 0 Å². The van der Waals surface area contributed by atoms with Crippen molar-refractivity contribution in [2.75, 3.05) is 30.8 Å². The van der Waals surface area contributed by atoms with E-state index in [-0.39, 0.29) is 10.6 Å². The highest BCUT2D eigenvalue weighted by Gasteiger charge is 2.21. The molecule has 30 heavy (non-hydrogen) atoms. The summed E-state index contributed by atoms with van der Waals surface area (Å²) in [6.45, 7) is 0. The zero-order valence-electron chi connectivity index (χ0n) is 16.9. The number of nitrogens with zero attached hydrogens (tertiary/aromatic N) is 2. The second-order valence-corrected chi connectivity index (χ2v) is 8.64. The van der Waals surface area contributed by atoms with Crippen LogP contribution in [0.25, 0.3) is 22.2 Å². The first kappa shape index (κ1) is 19.8. The predicted molar refractivity (Wildman–Crippen MR) is 120 cm³/mol. The summed E-state index contributed by atoms with van der Waals surface area (Å²) in [5.41, 5.74) is 3.90. The second-order valence-electron chi connectivity index (χ2n) is 6.99. The zero-order valence-corrected chi connectivity index (χ0v) is 17.7. The number of hydrogen-bond donors (Lipinski definition) is 2. The van der Waals surface area contributed by atoms with Gasteiger partial charge in [-0.1, -0.05) is 24.3 Å². The summed E-state index contributed by atoms with van der Waals surface area (Å²) in [6, 6.07) is 16.2. The minimum absolute atomic E-state index is 0.0733. The highest BCUT2D eigenvalue weighted by molar-refractivity contribution is 7.92. The maximum Gasteiger partial charge on any atom is 0.265 e. The summed E-state index contributed by atoms with van der Waals surface area (Å²) < 4.78 is 34.2. The number of sulfonamides is 1. The highest BCUT2D eigenvalue weighted by atomic mass is 32.2. The topological polar surface area (TPSA) is 87.3 Å². The third kappa shape index (κ3) is 3.57. The van der Waals surface area contributed by atoms with Gasteiger partial charge in [0.2, 0.25) is 0 Å². The fraction of sp³-hybridized carbons (Fsp3) is 0.136. The molecule has 2 heterocycles. The van der Waals surface area contributed by atoms with Crippen LogP contribution in [-0.4, -0.2) is 39.6 Å². The molecule has 0 radical (unpaired) electrons. The van der Waals surface area contributed by atoms with Gasteiger partial charge in [0.05, 0.1) is 18.2 Å². The van der Waals surface area contributed by atoms with Crippen LogP contribution in [0.3, 0.4) is 0 Å². The van der Waals surface area contributed by atoms with Crippen LogP contribution in [0, 0.1) is 0 Å². The van der Waals surface area contributed by atoms with Gasteiger partial charge in [-0.2, -0.15) is 0 Å². The highest BCUT2D eigenvalue weighted by Crippen LogP contribution is 2.36. The Morgan fingerprint density at radius 2 is 1.87 bits per heavy atom. The Kier molecular flexibility index (Phi) is 5.09. The number of ether oxygens (including phenoxy) is 1. The molecule has 2 aromatic carbocycles. The molecule has 0 atom stereocenters. The summed E-state index contributed by atoms with van der Waals surface area (Å²) in [6.07, 6.45) is 3.41. The Bertz CT molecular complexity index is 1310. The van der Waals surface area contributed by atoms with Gasteiger partial charge in [0, 0.05) is 37.7 Å². The van der Waals surface area contributed by atoms with Crippen LogP contribution >= 0.6 is 0 Å². The van der Waals surface area contributed by atoms with E-state index in [1.807, 2.05) is 49.5 Å². The van der Waals surface area contributed by atoms with E-state index >= 15 is 0 Å². The second kappa shape index (κ2) is 7.72.